The fourth-order valence-corrected chi connectivity index (χ4v) is 11.2. The molecule has 0 bridgehead atoms. The van der Waals surface area contributed by atoms with Crippen molar-refractivity contribution >= 4 is 0 Å². The second kappa shape index (κ2) is 10.5. The summed E-state index contributed by atoms with van der Waals surface area (Å²) in [7, 11) is 0. The van der Waals surface area contributed by atoms with E-state index in [1.54, 1.807) is 0 Å². The third-order valence-electron chi connectivity index (χ3n) is 13.6. The highest BCUT2D eigenvalue weighted by molar-refractivity contribution is 5.28. The van der Waals surface area contributed by atoms with E-state index in [9.17, 15) is 25.5 Å². The van der Waals surface area contributed by atoms with Crippen molar-refractivity contribution in [3.63, 3.8) is 0 Å². The van der Waals surface area contributed by atoms with Crippen molar-refractivity contribution in [1.29, 1.82) is 0 Å². The van der Waals surface area contributed by atoms with Crippen molar-refractivity contribution in [3.05, 3.63) is 11.6 Å². The zero-order valence-electron chi connectivity index (χ0n) is 25.6. The van der Waals surface area contributed by atoms with E-state index in [1.807, 2.05) is 0 Å². The molecule has 4 aliphatic carbocycles. The highest BCUT2D eigenvalue weighted by Gasteiger charge is 2.69. The van der Waals surface area contributed by atoms with E-state index in [2.05, 4.69) is 33.8 Å². The van der Waals surface area contributed by atoms with Crippen LogP contribution in [0.1, 0.15) is 79.1 Å². The van der Waals surface area contributed by atoms with Crippen LogP contribution in [0.5, 0.6) is 0 Å². The summed E-state index contributed by atoms with van der Waals surface area (Å²) in [6, 6.07) is 0. The fraction of sp³-hybridized carbons (Fsp3) is 0.939. The molecule has 3 aliphatic heterocycles. The van der Waals surface area contributed by atoms with Gasteiger partial charge in [0.25, 0.3) is 0 Å². The molecule has 1 spiro atoms. The Labute approximate surface area is 249 Å². The van der Waals surface area contributed by atoms with Gasteiger partial charge in [0.05, 0.1) is 31.5 Å². The van der Waals surface area contributed by atoms with Gasteiger partial charge in [0, 0.05) is 24.2 Å². The Morgan fingerprint density at radius 1 is 0.976 bits per heavy atom. The first kappa shape index (κ1) is 30.1. The van der Waals surface area contributed by atoms with Gasteiger partial charge in [-0.3, -0.25) is 0 Å². The Hall–Kier alpha value is -0.620. The molecule has 0 aromatic heterocycles. The summed E-state index contributed by atoms with van der Waals surface area (Å²) < 4.78 is 25.1. The van der Waals surface area contributed by atoms with E-state index < -0.39 is 55.3 Å². The predicted molar refractivity (Wildman–Crippen MR) is 152 cm³/mol. The molecular weight excluding hydrogens is 540 g/mol. The van der Waals surface area contributed by atoms with Crippen molar-refractivity contribution in [2.45, 2.75) is 134 Å². The lowest BCUT2D eigenvalue weighted by Crippen LogP contribution is -2.60. The van der Waals surface area contributed by atoms with Gasteiger partial charge < -0.3 is 44.5 Å². The molecule has 42 heavy (non-hydrogen) atoms. The van der Waals surface area contributed by atoms with Gasteiger partial charge in [0.1, 0.15) is 24.4 Å². The molecule has 238 valence electrons. The predicted octanol–water partition coefficient (Wildman–Crippen LogP) is 2.51. The molecule has 0 aromatic carbocycles. The largest absolute Gasteiger partial charge is 0.394 e. The summed E-state index contributed by atoms with van der Waals surface area (Å²) in [5, 5.41) is 52.2. The number of fused-ring (bicyclic) bond motifs is 7. The van der Waals surface area contributed by atoms with Crippen LogP contribution in [0.15, 0.2) is 11.6 Å². The van der Waals surface area contributed by atoms with Gasteiger partial charge in [-0.2, -0.15) is 0 Å². The molecule has 5 N–H and O–H groups in total. The van der Waals surface area contributed by atoms with Crippen LogP contribution in [0.25, 0.3) is 0 Å². The van der Waals surface area contributed by atoms with Crippen molar-refractivity contribution in [1.82, 2.24) is 0 Å². The van der Waals surface area contributed by atoms with Crippen LogP contribution in [-0.4, -0.2) is 93.6 Å². The Kier molecular flexibility index (Phi) is 7.48. The summed E-state index contributed by atoms with van der Waals surface area (Å²) in [6.45, 7) is 9.70. The van der Waals surface area contributed by atoms with Gasteiger partial charge in [0.2, 0.25) is 0 Å². The molecule has 7 rings (SSSR count). The van der Waals surface area contributed by atoms with Crippen molar-refractivity contribution in [2.75, 3.05) is 13.2 Å². The minimum Gasteiger partial charge on any atom is -0.394 e. The molecule has 9 heteroatoms. The van der Waals surface area contributed by atoms with Crippen LogP contribution in [0.4, 0.5) is 0 Å². The minimum atomic E-state index is -1.48. The molecule has 0 amide bonds. The van der Waals surface area contributed by atoms with Gasteiger partial charge in [-0.25, -0.2) is 0 Å². The van der Waals surface area contributed by atoms with Crippen LogP contribution < -0.4 is 0 Å². The number of aliphatic hydroxyl groups excluding tert-OH is 5. The monoisotopic (exact) mass is 592 g/mol. The number of hydrogen-bond acceptors (Lipinski definition) is 9. The first-order valence-corrected chi connectivity index (χ1v) is 16.6. The van der Waals surface area contributed by atoms with Crippen LogP contribution >= 0.6 is 0 Å². The Morgan fingerprint density at radius 2 is 1.76 bits per heavy atom. The number of hydrogen-bond donors (Lipinski definition) is 5. The second-order valence-electron chi connectivity index (χ2n) is 15.6. The maximum Gasteiger partial charge on any atom is 0.186 e. The first-order chi connectivity index (χ1) is 19.9. The Balaban J connectivity index is 1.08. The summed E-state index contributed by atoms with van der Waals surface area (Å²) in [4.78, 5) is 0. The summed E-state index contributed by atoms with van der Waals surface area (Å²) in [6.07, 6.45) is 2.51. The summed E-state index contributed by atoms with van der Waals surface area (Å²) in [5.74, 6) is 2.51. The van der Waals surface area contributed by atoms with Crippen LogP contribution in [0, 0.1) is 46.3 Å². The minimum absolute atomic E-state index is 0.206. The zero-order chi connectivity index (χ0) is 29.8. The number of allylic oxidation sites excluding steroid dienone is 1. The van der Waals surface area contributed by atoms with Crippen LogP contribution in [0.3, 0.4) is 0 Å². The zero-order valence-corrected chi connectivity index (χ0v) is 25.6. The van der Waals surface area contributed by atoms with Gasteiger partial charge in [-0.15, -0.1) is 0 Å². The third-order valence-corrected chi connectivity index (χ3v) is 13.6. The molecule has 3 saturated heterocycles. The first-order valence-electron chi connectivity index (χ1n) is 16.6. The standard InChI is InChI=1S/C33H52O9/c1-16-7-10-33(39-15-16)17(2)26-23(42-33)13-22-20-6-5-18-11-19(40-30-29(38)28(37)27(36)24(14-34)41-30)12-25(35)32(18,4)21(20)8-9-31(22,26)3/h5,16-17,19-30,34-38H,6-15H2,1-4H3/t16-,17+,19+,20?,21?,22+,23+,24-,25-,26?,27-,28+,29-,30-,31+,32+,33-/m1/s1. The SMILES string of the molecule is C[C@@H]1CC[C@@]2(OC1)O[C@H]1C[C@H]3C4CC=C5C[C@H](O[C@@H]6O[C@H](CO)[C@@H](O)[C@H](O)[C@H]6O)C[C@@H](O)[C@]5(C)C4CC[C@]3(C)C1[C@@H]2C. The summed E-state index contributed by atoms with van der Waals surface area (Å²) in [5.41, 5.74) is 1.08. The number of ether oxygens (including phenoxy) is 4. The lowest BCUT2D eigenvalue weighted by atomic mass is 9.46. The van der Waals surface area contributed by atoms with Gasteiger partial charge >= 0.3 is 0 Å². The average Bonchev–Trinajstić information content (AvgIpc) is 3.41. The molecule has 3 heterocycles. The molecular formula is C33H52O9. The normalized spacial score (nSPS) is 59.0. The molecule has 0 aromatic rings. The Morgan fingerprint density at radius 3 is 2.48 bits per heavy atom. The molecule has 0 radical (unpaired) electrons. The summed E-state index contributed by atoms with van der Waals surface area (Å²) >= 11 is 0. The lowest BCUT2D eigenvalue weighted by molar-refractivity contribution is -0.315. The molecule has 3 unspecified atom stereocenters. The molecule has 7 aliphatic rings. The lowest BCUT2D eigenvalue weighted by Gasteiger charge is -2.60. The highest BCUT2D eigenvalue weighted by atomic mass is 16.7. The quantitative estimate of drug-likeness (QED) is 0.313. The second-order valence-corrected chi connectivity index (χ2v) is 15.6. The van der Waals surface area contributed by atoms with Gasteiger partial charge in [-0.05, 0) is 73.5 Å². The average molecular weight is 593 g/mol. The molecule has 6 fully saturated rings. The van der Waals surface area contributed by atoms with E-state index in [1.165, 1.54) is 12.0 Å². The molecule has 9 nitrogen and oxygen atoms in total. The highest BCUT2D eigenvalue weighted by Crippen LogP contribution is 2.70. The van der Waals surface area contributed by atoms with Crippen molar-refractivity contribution in [3.8, 4) is 0 Å². The number of rotatable bonds is 3. The van der Waals surface area contributed by atoms with Crippen molar-refractivity contribution < 1.29 is 44.5 Å². The topological polar surface area (TPSA) is 138 Å². The van der Waals surface area contributed by atoms with Crippen LogP contribution in [0.2, 0.25) is 0 Å². The van der Waals surface area contributed by atoms with Gasteiger partial charge in [-0.1, -0.05) is 39.3 Å². The van der Waals surface area contributed by atoms with E-state index in [0.29, 0.717) is 48.3 Å². The smallest absolute Gasteiger partial charge is 0.186 e. The van der Waals surface area contributed by atoms with Gasteiger partial charge in [0.15, 0.2) is 12.1 Å². The Bertz CT molecular complexity index is 1060. The van der Waals surface area contributed by atoms with E-state index in [-0.39, 0.29) is 16.9 Å². The molecule has 3 saturated carbocycles. The third kappa shape index (κ3) is 4.21. The maximum absolute atomic E-state index is 11.8. The van der Waals surface area contributed by atoms with E-state index in [0.717, 1.165) is 38.7 Å². The maximum atomic E-state index is 11.8. The van der Waals surface area contributed by atoms with Crippen LogP contribution in [-0.2, 0) is 18.9 Å². The van der Waals surface area contributed by atoms with Crippen molar-refractivity contribution in [2.24, 2.45) is 46.3 Å². The van der Waals surface area contributed by atoms with E-state index >= 15 is 0 Å². The number of aliphatic hydroxyl groups is 5. The van der Waals surface area contributed by atoms with E-state index in [4.69, 9.17) is 18.9 Å². The fourth-order valence-electron chi connectivity index (χ4n) is 11.2. The molecule has 17 atom stereocenters.